The molecule has 1 aromatic carbocycles. The van der Waals surface area contributed by atoms with E-state index >= 15 is 0 Å². The van der Waals surface area contributed by atoms with E-state index in [0.717, 1.165) is 5.56 Å². The zero-order valence-electron chi connectivity index (χ0n) is 14.6. The monoisotopic (exact) mass is 348 g/mol. The van der Waals surface area contributed by atoms with Crippen molar-refractivity contribution in [1.82, 2.24) is 9.80 Å². The van der Waals surface area contributed by atoms with Gasteiger partial charge in [0, 0.05) is 32.8 Å². The zero-order valence-corrected chi connectivity index (χ0v) is 14.6. The molecule has 1 unspecified atom stereocenters. The third-order valence-electron chi connectivity index (χ3n) is 4.12. The second-order valence-corrected chi connectivity index (χ2v) is 5.98. The van der Waals surface area contributed by atoms with Gasteiger partial charge in [0.15, 0.2) is 11.9 Å². The summed E-state index contributed by atoms with van der Waals surface area (Å²) in [7, 11) is 0. The van der Waals surface area contributed by atoms with Gasteiger partial charge in [0.05, 0.1) is 0 Å². The zero-order chi connectivity index (χ0) is 18.3. The lowest BCUT2D eigenvalue weighted by atomic mass is 10.1. The molecule has 0 spiro atoms. The Morgan fingerprint density at radius 3 is 2.28 bits per heavy atom. The minimum absolute atomic E-state index is 0.215. The Hall–Kier alpha value is -2.41. The summed E-state index contributed by atoms with van der Waals surface area (Å²) in [5.74, 6) is -0.373. The summed E-state index contributed by atoms with van der Waals surface area (Å²) in [5.41, 5.74) is -0.548. The minimum atomic E-state index is -1.47. The molecule has 1 heterocycles. The Balaban J connectivity index is 1.83. The fourth-order valence-corrected chi connectivity index (χ4v) is 2.66. The van der Waals surface area contributed by atoms with Gasteiger partial charge in [-0.25, -0.2) is 4.79 Å². The number of ether oxygens (including phenoxy) is 2. The van der Waals surface area contributed by atoms with Crippen LogP contribution in [0.1, 0.15) is 19.4 Å². The largest absolute Gasteiger partial charge is 0.445 e. The lowest BCUT2D eigenvalue weighted by Crippen LogP contribution is -2.57. The van der Waals surface area contributed by atoms with Gasteiger partial charge in [-0.15, -0.1) is 0 Å². The lowest BCUT2D eigenvalue weighted by Gasteiger charge is -2.37. The summed E-state index contributed by atoms with van der Waals surface area (Å²) >= 11 is 0. The number of benzene rings is 1. The molecule has 7 nitrogen and oxygen atoms in total. The maximum atomic E-state index is 12.5. The highest BCUT2D eigenvalue weighted by Gasteiger charge is 2.39. The Morgan fingerprint density at radius 2 is 1.72 bits per heavy atom. The number of hydrogen-bond acceptors (Lipinski definition) is 5. The van der Waals surface area contributed by atoms with Crippen LogP contribution in [0.3, 0.4) is 0 Å². The second-order valence-electron chi connectivity index (χ2n) is 5.98. The molecule has 2 rings (SSSR count). The Kier molecular flexibility index (Phi) is 6.52. The normalized spacial score (nSPS) is 16.9. The first kappa shape index (κ1) is 18.9. The molecule has 1 aliphatic rings. The van der Waals surface area contributed by atoms with Crippen molar-refractivity contribution < 1.29 is 23.9 Å². The van der Waals surface area contributed by atoms with Crippen LogP contribution in [0.15, 0.2) is 30.3 Å². The number of carbonyl (C=O) groups is 3. The highest BCUT2D eigenvalue weighted by atomic mass is 16.6. The van der Waals surface area contributed by atoms with Crippen LogP contribution in [0.4, 0.5) is 4.79 Å². The van der Waals surface area contributed by atoms with Crippen LogP contribution in [0, 0.1) is 0 Å². The van der Waals surface area contributed by atoms with Crippen LogP contribution >= 0.6 is 0 Å². The van der Waals surface area contributed by atoms with Crippen LogP contribution in [-0.2, 0) is 25.7 Å². The molecule has 1 atom stereocenters. The number of rotatable bonds is 6. The number of nitrogens with zero attached hydrogens (tertiary/aromatic N) is 2. The summed E-state index contributed by atoms with van der Waals surface area (Å²) in [6, 6.07) is 9.44. The van der Waals surface area contributed by atoms with E-state index in [4.69, 9.17) is 9.47 Å². The Morgan fingerprint density at radius 1 is 1.12 bits per heavy atom. The smallest absolute Gasteiger partial charge is 0.410 e. The van der Waals surface area contributed by atoms with Gasteiger partial charge in [0.1, 0.15) is 6.61 Å². The molecule has 0 radical (unpaired) electrons. The summed E-state index contributed by atoms with van der Waals surface area (Å²) in [5, 5.41) is 0. The molecule has 0 N–H and O–H groups in total. The molecule has 1 aliphatic heterocycles. The van der Waals surface area contributed by atoms with E-state index in [1.807, 2.05) is 30.3 Å². The molecule has 7 heteroatoms. The van der Waals surface area contributed by atoms with Crippen LogP contribution < -0.4 is 0 Å². The van der Waals surface area contributed by atoms with E-state index in [-0.39, 0.29) is 19.1 Å². The first-order valence-corrected chi connectivity index (χ1v) is 8.35. The molecular weight excluding hydrogens is 324 g/mol. The number of piperazine rings is 1. The van der Waals surface area contributed by atoms with Crippen molar-refractivity contribution in [3.63, 3.8) is 0 Å². The number of amides is 2. The predicted molar refractivity (Wildman–Crippen MR) is 90.9 cm³/mol. The van der Waals surface area contributed by atoms with Crippen molar-refractivity contribution >= 4 is 18.3 Å². The van der Waals surface area contributed by atoms with Crippen LogP contribution in [-0.4, -0.2) is 66.5 Å². The van der Waals surface area contributed by atoms with E-state index in [2.05, 4.69) is 0 Å². The van der Waals surface area contributed by atoms with Gasteiger partial charge < -0.3 is 19.3 Å². The van der Waals surface area contributed by atoms with Gasteiger partial charge in [0.2, 0.25) is 0 Å². The van der Waals surface area contributed by atoms with Crippen LogP contribution in [0.2, 0.25) is 0 Å². The lowest BCUT2D eigenvalue weighted by molar-refractivity contribution is -0.160. The van der Waals surface area contributed by atoms with Gasteiger partial charge in [-0.3, -0.25) is 9.59 Å². The van der Waals surface area contributed by atoms with Gasteiger partial charge in [-0.2, -0.15) is 0 Å². The minimum Gasteiger partial charge on any atom is -0.445 e. The number of carbonyl (C=O) groups excluding carboxylic acids is 3. The molecule has 1 aromatic rings. The van der Waals surface area contributed by atoms with Gasteiger partial charge in [0.25, 0.3) is 5.91 Å². The van der Waals surface area contributed by atoms with Gasteiger partial charge >= 0.3 is 6.09 Å². The summed E-state index contributed by atoms with van der Waals surface area (Å²) in [4.78, 5) is 38.9. The van der Waals surface area contributed by atoms with Crippen molar-refractivity contribution in [3.8, 4) is 0 Å². The first-order valence-electron chi connectivity index (χ1n) is 8.35. The third kappa shape index (κ3) is 4.79. The molecular formula is C18H24N2O5. The molecule has 0 saturated carbocycles. The predicted octanol–water partition coefficient (Wildman–Crippen LogP) is 1.46. The number of hydrogen-bond donors (Lipinski definition) is 0. The van der Waals surface area contributed by atoms with Crippen LogP contribution in [0.25, 0.3) is 0 Å². The molecule has 0 aliphatic carbocycles. The van der Waals surface area contributed by atoms with Crippen molar-refractivity contribution in [2.75, 3.05) is 32.8 Å². The summed E-state index contributed by atoms with van der Waals surface area (Å²) in [6.45, 7) is 5.09. The Bertz CT molecular complexity index is 599. The molecule has 2 amide bonds. The molecule has 0 aromatic heterocycles. The highest BCUT2D eigenvalue weighted by molar-refractivity contribution is 5.99. The average molecular weight is 348 g/mol. The molecule has 1 saturated heterocycles. The van der Waals surface area contributed by atoms with Crippen molar-refractivity contribution in [2.45, 2.75) is 26.1 Å². The van der Waals surface area contributed by atoms with E-state index in [1.54, 1.807) is 16.7 Å². The van der Waals surface area contributed by atoms with Gasteiger partial charge in [-0.05, 0) is 19.4 Å². The van der Waals surface area contributed by atoms with E-state index < -0.39 is 11.7 Å². The highest BCUT2D eigenvalue weighted by Crippen LogP contribution is 2.15. The molecule has 0 bridgehead atoms. The topological polar surface area (TPSA) is 76.2 Å². The SMILES string of the molecule is CCOC(C)(C=O)C(=O)N1CCN(C(=O)OCc2ccccc2)CC1. The van der Waals surface area contributed by atoms with Crippen molar-refractivity contribution in [1.29, 1.82) is 0 Å². The molecule has 1 fully saturated rings. The van der Waals surface area contributed by atoms with E-state index in [1.165, 1.54) is 6.92 Å². The van der Waals surface area contributed by atoms with E-state index in [0.29, 0.717) is 32.5 Å². The fourth-order valence-electron chi connectivity index (χ4n) is 2.66. The molecule has 25 heavy (non-hydrogen) atoms. The maximum Gasteiger partial charge on any atom is 0.410 e. The Labute approximate surface area is 147 Å². The van der Waals surface area contributed by atoms with E-state index in [9.17, 15) is 14.4 Å². The van der Waals surface area contributed by atoms with Crippen LogP contribution in [0.5, 0.6) is 0 Å². The maximum absolute atomic E-state index is 12.5. The summed E-state index contributed by atoms with van der Waals surface area (Å²) in [6.07, 6.45) is 0.123. The summed E-state index contributed by atoms with van der Waals surface area (Å²) < 4.78 is 10.6. The molecule has 136 valence electrons. The van der Waals surface area contributed by atoms with Crippen molar-refractivity contribution in [3.05, 3.63) is 35.9 Å². The number of aldehydes is 1. The second kappa shape index (κ2) is 8.62. The standard InChI is InChI=1S/C18H24N2O5/c1-3-25-18(2,14-21)16(22)19-9-11-20(12-10-19)17(23)24-13-15-7-5-4-6-8-15/h4-8,14H,3,9-13H2,1-2H3. The van der Waals surface area contributed by atoms with Crippen molar-refractivity contribution in [2.24, 2.45) is 0 Å². The average Bonchev–Trinajstić information content (AvgIpc) is 2.66. The third-order valence-corrected chi connectivity index (χ3v) is 4.12. The first-order chi connectivity index (χ1) is 12.0. The fraction of sp³-hybridized carbons (Fsp3) is 0.500. The quantitative estimate of drug-likeness (QED) is 0.575. The van der Waals surface area contributed by atoms with Gasteiger partial charge in [-0.1, -0.05) is 30.3 Å².